The maximum absolute atomic E-state index is 12.1. The predicted octanol–water partition coefficient (Wildman–Crippen LogP) is 1.95. The number of halogens is 2. The van der Waals surface area contributed by atoms with Gasteiger partial charge in [-0.2, -0.15) is 0 Å². The van der Waals surface area contributed by atoms with E-state index >= 15 is 0 Å². The fraction of sp³-hybridized carbons (Fsp3) is 0.455. The average molecular weight is 242 g/mol. The molecule has 4 nitrogen and oxygen atoms in total. The summed E-state index contributed by atoms with van der Waals surface area (Å²) in [5.74, 6) is -1.11. The molecule has 0 spiro atoms. The van der Waals surface area contributed by atoms with Gasteiger partial charge in [-0.25, -0.2) is 18.6 Å². The van der Waals surface area contributed by atoms with Crippen LogP contribution in [-0.2, 0) is 12.8 Å². The highest BCUT2D eigenvalue weighted by molar-refractivity contribution is 5.93. The molecule has 1 heterocycles. The summed E-state index contributed by atoms with van der Waals surface area (Å²) < 4.78 is 24.2. The van der Waals surface area contributed by atoms with Gasteiger partial charge in [-0.3, -0.25) is 0 Å². The van der Waals surface area contributed by atoms with E-state index in [1.807, 2.05) is 0 Å². The van der Waals surface area contributed by atoms with Crippen LogP contribution in [0.1, 0.15) is 28.0 Å². The van der Waals surface area contributed by atoms with Crippen LogP contribution < -0.4 is 5.32 Å². The Balaban J connectivity index is 2.31. The first kappa shape index (κ1) is 11.8. The van der Waals surface area contributed by atoms with E-state index in [0.29, 0.717) is 0 Å². The zero-order valence-electron chi connectivity index (χ0n) is 9.04. The number of aromatic carboxylic acids is 1. The summed E-state index contributed by atoms with van der Waals surface area (Å²) in [7, 11) is 0. The first-order chi connectivity index (χ1) is 8.08. The Morgan fingerprint density at radius 1 is 1.53 bits per heavy atom. The number of hydrogen-bond acceptors (Lipinski definition) is 3. The topological polar surface area (TPSA) is 62.2 Å². The van der Waals surface area contributed by atoms with E-state index in [2.05, 4.69) is 10.3 Å². The molecule has 2 N–H and O–H groups in total. The highest BCUT2D eigenvalue weighted by Crippen LogP contribution is 2.25. The highest BCUT2D eigenvalue weighted by atomic mass is 19.3. The number of carboxylic acids is 1. The quantitative estimate of drug-likeness (QED) is 0.847. The lowest BCUT2D eigenvalue weighted by molar-refractivity contribution is 0.0697. The van der Waals surface area contributed by atoms with Gasteiger partial charge in [0.15, 0.2) is 0 Å². The minimum Gasteiger partial charge on any atom is -0.478 e. The molecule has 0 saturated heterocycles. The molecule has 1 aromatic rings. The van der Waals surface area contributed by atoms with Gasteiger partial charge in [0.05, 0.1) is 6.54 Å². The SMILES string of the molecule is O=C(O)c1cc2c(nc1NCC(F)F)CCC2. The predicted molar refractivity (Wildman–Crippen MR) is 57.7 cm³/mol. The van der Waals surface area contributed by atoms with Crippen molar-refractivity contribution in [2.45, 2.75) is 25.7 Å². The summed E-state index contributed by atoms with van der Waals surface area (Å²) in [6.45, 7) is -0.591. The Kier molecular flexibility index (Phi) is 3.21. The smallest absolute Gasteiger partial charge is 0.339 e. The average Bonchev–Trinajstić information content (AvgIpc) is 2.71. The minimum atomic E-state index is -2.54. The maximum atomic E-state index is 12.1. The van der Waals surface area contributed by atoms with Crippen LogP contribution in [0, 0.1) is 0 Å². The lowest BCUT2D eigenvalue weighted by atomic mass is 10.1. The van der Waals surface area contributed by atoms with Gasteiger partial charge in [-0.05, 0) is 30.9 Å². The number of nitrogens with one attached hydrogen (secondary N) is 1. The molecule has 1 aliphatic rings. The van der Waals surface area contributed by atoms with Crippen molar-refractivity contribution in [3.8, 4) is 0 Å². The van der Waals surface area contributed by atoms with Crippen molar-refractivity contribution in [2.75, 3.05) is 11.9 Å². The Morgan fingerprint density at radius 2 is 2.29 bits per heavy atom. The van der Waals surface area contributed by atoms with E-state index in [9.17, 15) is 13.6 Å². The van der Waals surface area contributed by atoms with Gasteiger partial charge in [0, 0.05) is 5.69 Å². The monoisotopic (exact) mass is 242 g/mol. The number of carbonyl (C=O) groups is 1. The van der Waals surface area contributed by atoms with Gasteiger partial charge in [-0.1, -0.05) is 0 Å². The van der Waals surface area contributed by atoms with Gasteiger partial charge in [-0.15, -0.1) is 0 Å². The largest absolute Gasteiger partial charge is 0.478 e. The standard InChI is InChI=1S/C11H12F2N2O2/c12-9(13)5-14-10-7(11(16)17)4-6-2-1-3-8(6)15-10/h4,9H,1-3,5H2,(H,14,15)(H,16,17). The van der Waals surface area contributed by atoms with E-state index < -0.39 is 18.9 Å². The number of anilines is 1. The lowest BCUT2D eigenvalue weighted by Crippen LogP contribution is -2.15. The second-order valence-corrected chi connectivity index (χ2v) is 3.92. The molecule has 2 rings (SSSR count). The third kappa shape index (κ3) is 2.51. The molecular weight excluding hydrogens is 230 g/mol. The van der Waals surface area contributed by atoms with Gasteiger partial charge >= 0.3 is 5.97 Å². The molecule has 0 amide bonds. The van der Waals surface area contributed by atoms with Crippen LogP contribution >= 0.6 is 0 Å². The number of nitrogens with zero attached hydrogens (tertiary/aromatic N) is 1. The number of hydrogen-bond donors (Lipinski definition) is 2. The summed E-state index contributed by atoms with van der Waals surface area (Å²) in [4.78, 5) is 15.1. The molecule has 0 radical (unpaired) electrons. The summed E-state index contributed by atoms with van der Waals surface area (Å²) in [6.07, 6.45) is -0.0255. The summed E-state index contributed by atoms with van der Waals surface area (Å²) >= 11 is 0. The zero-order chi connectivity index (χ0) is 12.4. The normalized spacial score (nSPS) is 13.8. The number of fused-ring (bicyclic) bond motifs is 1. The molecule has 0 aliphatic heterocycles. The van der Waals surface area contributed by atoms with Crippen molar-refractivity contribution in [2.24, 2.45) is 0 Å². The van der Waals surface area contributed by atoms with Crippen LogP contribution in [0.25, 0.3) is 0 Å². The first-order valence-corrected chi connectivity index (χ1v) is 5.36. The van der Waals surface area contributed by atoms with Crippen molar-refractivity contribution < 1.29 is 18.7 Å². The molecule has 0 unspecified atom stereocenters. The molecule has 92 valence electrons. The molecule has 0 aromatic carbocycles. The second kappa shape index (κ2) is 4.65. The number of aromatic nitrogens is 1. The number of alkyl halides is 2. The maximum Gasteiger partial charge on any atom is 0.339 e. The number of pyridine rings is 1. The van der Waals surface area contributed by atoms with Gasteiger partial charge in [0.2, 0.25) is 0 Å². The Hall–Kier alpha value is -1.72. The third-order valence-corrected chi connectivity index (χ3v) is 2.71. The minimum absolute atomic E-state index is 0.0358. The van der Waals surface area contributed by atoms with Crippen molar-refractivity contribution in [3.05, 3.63) is 22.9 Å². The molecule has 0 bridgehead atoms. The van der Waals surface area contributed by atoms with E-state index in [1.165, 1.54) is 6.07 Å². The van der Waals surface area contributed by atoms with Crippen molar-refractivity contribution in [3.63, 3.8) is 0 Å². The fourth-order valence-electron chi connectivity index (χ4n) is 1.94. The van der Waals surface area contributed by atoms with Crippen molar-refractivity contribution in [1.82, 2.24) is 4.98 Å². The Labute approximate surface area is 96.7 Å². The highest BCUT2D eigenvalue weighted by Gasteiger charge is 2.20. The molecule has 1 aliphatic carbocycles. The molecule has 0 fully saturated rings. The number of aryl methyl sites for hydroxylation is 2. The molecule has 6 heteroatoms. The number of carboxylic acid groups (broad SMARTS) is 1. The van der Waals surface area contributed by atoms with E-state index in [-0.39, 0.29) is 11.4 Å². The lowest BCUT2D eigenvalue weighted by Gasteiger charge is -2.10. The second-order valence-electron chi connectivity index (χ2n) is 3.92. The molecule has 0 atom stereocenters. The van der Waals surface area contributed by atoms with Gasteiger partial charge in [0.25, 0.3) is 6.43 Å². The Morgan fingerprint density at radius 3 is 2.94 bits per heavy atom. The van der Waals surface area contributed by atoms with Crippen LogP contribution in [0.4, 0.5) is 14.6 Å². The van der Waals surface area contributed by atoms with Gasteiger partial charge in [0.1, 0.15) is 11.4 Å². The molecule has 0 saturated carbocycles. The van der Waals surface area contributed by atoms with Crippen LogP contribution in [0.15, 0.2) is 6.07 Å². The summed E-state index contributed by atoms with van der Waals surface area (Å²) in [5.41, 5.74) is 1.68. The van der Waals surface area contributed by atoms with Crippen molar-refractivity contribution in [1.29, 1.82) is 0 Å². The molecular formula is C11H12F2N2O2. The molecule has 1 aromatic heterocycles. The van der Waals surface area contributed by atoms with E-state index in [1.54, 1.807) is 0 Å². The van der Waals surface area contributed by atoms with Gasteiger partial charge < -0.3 is 10.4 Å². The summed E-state index contributed by atoms with van der Waals surface area (Å²) in [6, 6.07) is 1.53. The zero-order valence-corrected chi connectivity index (χ0v) is 9.04. The fourth-order valence-corrected chi connectivity index (χ4v) is 1.94. The Bertz CT molecular complexity index is 449. The van der Waals surface area contributed by atoms with Crippen LogP contribution in [0.3, 0.4) is 0 Å². The summed E-state index contributed by atoms with van der Waals surface area (Å²) in [5, 5.41) is 11.4. The number of rotatable bonds is 4. The van der Waals surface area contributed by atoms with Crippen LogP contribution in [0.2, 0.25) is 0 Å². The first-order valence-electron chi connectivity index (χ1n) is 5.36. The van der Waals surface area contributed by atoms with Crippen molar-refractivity contribution >= 4 is 11.8 Å². The molecule has 17 heavy (non-hydrogen) atoms. The van der Waals surface area contributed by atoms with E-state index in [4.69, 9.17) is 5.11 Å². The third-order valence-electron chi connectivity index (χ3n) is 2.71. The van der Waals surface area contributed by atoms with Crippen LogP contribution in [-0.4, -0.2) is 29.0 Å². The van der Waals surface area contributed by atoms with Crippen LogP contribution in [0.5, 0.6) is 0 Å². The van der Waals surface area contributed by atoms with E-state index in [0.717, 1.165) is 30.5 Å².